The maximum Gasteiger partial charge on any atom is 0.141 e. The first-order valence-corrected chi connectivity index (χ1v) is 8.81. The average molecular weight is 369 g/mol. The minimum Gasteiger partial charge on any atom is -0.457 e. The summed E-state index contributed by atoms with van der Waals surface area (Å²) in [6, 6.07) is 21.4. The summed E-state index contributed by atoms with van der Waals surface area (Å²) in [6.45, 7) is 2.01. The van der Waals surface area contributed by atoms with E-state index in [0.29, 0.717) is 5.82 Å². The molecule has 0 saturated carbocycles. The zero-order valence-electron chi connectivity index (χ0n) is 15.3. The van der Waals surface area contributed by atoms with Crippen LogP contribution in [-0.4, -0.2) is 16.2 Å². The van der Waals surface area contributed by atoms with Crippen molar-refractivity contribution in [2.75, 3.05) is 5.32 Å². The van der Waals surface area contributed by atoms with Gasteiger partial charge in [0.25, 0.3) is 0 Å². The van der Waals surface area contributed by atoms with Crippen LogP contribution in [0.3, 0.4) is 0 Å². The number of nitrogens with two attached hydrogens (primary N) is 1. The lowest BCUT2D eigenvalue weighted by Crippen LogP contribution is -1.98. The van der Waals surface area contributed by atoms with Gasteiger partial charge in [-0.2, -0.15) is 5.10 Å². The highest BCUT2D eigenvalue weighted by Gasteiger charge is 2.07. The van der Waals surface area contributed by atoms with Crippen molar-refractivity contribution >= 4 is 28.6 Å². The maximum absolute atomic E-state index is 5.95. The molecule has 0 aliphatic heterocycles. The highest BCUT2D eigenvalue weighted by atomic mass is 16.5. The van der Waals surface area contributed by atoms with E-state index in [4.69, 9.17) is 10.6 Å². The Balaban J connectivity index is 1.62. The number of anilines is 2. The third-order valence-electron chi connectivity index (χ3n) is 4.29. The number of hydrazone groups is 1. The molecule has 3 N–H and O–H groups in total. The van der Waals surface area contributed by atoms with Crippen LogP contribution in [0.5, 0.6) is 11.5 Å². The van der Waals surface area contributed by atoms with Gasteiger partial charge in [0.15, 0.2) is 0 Å². The summed E-state index contributed by atoms with van der Waals surface area (Å²) in [5.41, 5.74) is 3.65. The Kier molecular flexibility index (Phi) is 4.84. The van der Waals surface area contributed by atoms with Gasteiger partial charge in [0.1, 0.15) is 23.6 Å². The molecule has 0 fully saturated rings. The molecule has 0 saturated heterocycles. The first-order chi connectivity index (χ1) is 13.7. The van der Waals surface area contributed by atoms with E-state index in [9.17, 15) is 0 Å². The van der Waals surface area contributed by atoms with Crippen LogP contribution in [0.4, 0.5) is 11.5 Å². The van der Waals surface area contributed by atoms with Gasteiger partial charge in [0.2, 0.25) is 0 Å². The highest BCUT2D eigenvalue weighted by Crippen LogP contribution is 2.29. The highest BCUT2D eigenvalue weighted by molar-refractivity contribution is 5.95. The normalized spacial score (nSPS) is 11.0. The van der Waals surface area contributed by atoms with Crippen LogP contribution in [0.15, 0.2) is 78.2 Å². The molecule has 6 nitrogen and oxygen atoms in total. The van der Waals surface area contributed by atoms with E-state index in [1.54, 1.807) is 12.5 Å². The largest absolute Gasteiger partial charge is 0.457 e. The third kappa shape index (κ3) is 3.76. The minimum atomic E-state index is 0.716. The van der Waals surface area contributed by atoms with Crippen LogP contribution in [0.1, 0.15) is 11.1 Å². The zero-order chi connectivity index (χ0) is 19.3. The lowest BCUT2D eigenvalue weighted by atomic mass is 10.1. The van der Waals surface area contributed by atoms with Crippen LogP contribution in [0, 0.1) is 6.92 Å². The van der Waals surface area contributed by atoms with E-state index in [1.165, 1.54) is 0 Å². The van der Waals surface area contributed by atoms with E-state index in [2.05, 4.69) is 20.4 Å². The fourth-order valence-electron chi connectivity index (χ4n) is 2.93. The second kappa shape index (κ2) is 7.75. The number of hydrogen-bond acceptors (Lipinski definition) is 6. The molecule has 0 aliphatic carbocycles. The fourth-order valence-corrected chi connectivity index (χ4v) is 2.93. The fraction of sp³-hybridized carbons (Fsp3) is 0.0455. The molecule has 4 rings (SSSR count). The van der Waals surface area contributed by atoms with Crippen LogP contribution >= 0.6 is 0 Å². The Morgan fingerprint density at radius 3 is 2.64 bits per heavy atom. The lowest BCUT2D eigenvalue weighted by Gasteiger charge is -2.12. The number of rotatable bonds is 5. The second-order valence-electron chi connectivity index (χ2n) is 6.30. The Bertz CT molecular complexity index is 1140. The molecule has 6 heteroatoms. The SMILES string of the molecule is Cc1cc(Nc2ncnc3ccc(/C=N\N)cc23)ccc1Oc1ccccc1. The van der Waals surface area contributed by atoms with Gasteiger partial charge in [-0.25, -0.2) is 9.97 Å². The molecule has 0 spiro atoms. The van der Waals surface area contributed by atoms with Gasteiger partial charge in [-0.15, -0.1) is 0 Å². The predicted octanol–water partition coefficient (Wildman–Crippen LogP) is 4.77. The molecule has 0 unspecified atom stereocenters. The summed E-state index contributed by atoms with van der Waals surface area (Å²) in [5.74, 6) is 7.60. The number of nitrogens with one attached hydrogen (secondary N) is 1. The number of hydrogen-bond donors (Lipinski definition) is 2. The molecule has 4 aromatic rings. The van der Waals surface area contributed by atoms with Crippen molar-refractivity contribution in [3.05, 3.63) is 84.2 Å². The number of benzene rings is 3. The summed E-state index contributed by atoms with van der Waals surface area (Å²) in [4.78, 5) is 8.71. The average Bonchev–Trinajstić information content (AvgIpc) is 2.71. The van der Waals surface area contributed by atoms with Crippen LogP contribution in [0.2, 0.25) is 0 Å². The number of para-hydroxylation sites is 1. The van der Waals surface area contributed by atoms with E-state index < -0.39 is 0 Å². The third-order valence-corrected chi connectivity index (χ3v) is 4.29. The molecule has 1 heterocycles. The van der Waals surface area contributed by atoms with Crippen molar-refractivity contribution in [2.24, 2.45) is 10.9 Å². The first-order valence-electron chi connectivity index (χ1n) is 8.81. The molecule has 0 aliphatic rings. The topological polar surface area (TPSA) is 85.4 Å². The Morgan fingerprint density at radius 2 is 1.86 bits per heavy atom. The van der Waals surface area contributed by atoms with Crippen LogP contribution < -0.4 is 15.9 Å². The Morgan fingerprint density at radius 1 is 1.00 bits per heavy atom. The quantitative estimate of drug-likeness (QED) is 0.301. The molecule has 1 aromatic heterocycles. The minimum absolute atomic E-state index is 0.716. The number of nitrogens with zero attached hydrogens (tertiary/aromatic N) is 3. The summed E-state index contributed by atoms with van der Waals surface area (Å²) in [7, 11) is 0. The second-order valence-corrected chi connectivity index (χ2v) is 6.30. The first kappa shape index (κ1) is 17.5. The van der Waals surface area contributed by atoms with E-state index in [0.717, 1.165) is 39.2 Å². The van der Waals surface area contributed by atoms with E-state index in [1.807, 2.05) is 73.7 Å². The Labute approximate surface area is 162 Å². The monoisotopic (exact) mass is 369 g/mol. The summed E-state index contributed by atoms with van der Waals surface area (Å²) < 4.78 is 5.95. The van der Waals surface area contributed by atoms with Gasteiger partial charge in [-0.1, -0.05) is 24.3 Å². The maximum atomic E-state index is 5.95. The number of fused-ring (bicyclic) bond motifs is 1. The molecule has 0 bridgehead atoms. The summed E-state index contributed by atoms with van der Waals surface area (Å²) in [5, 5.41) is 7.84. The van der Waals surface area contributed by atoms with Gasteiger partial charge >= 0.3 is 0 Å². The smallest absolute Gasteiger partial charge is 0.141 e. The predicted molar refractivity (Wildman–Crippen MR) is 112 cm³/mol. The molecule has 0 amide bonds. The summed E-state index contributed by atoms with van der Waals surface area (Å²) in [6.07, 6.45) is 3.14. The van der Waals surface area contributed by atoms with Crippen LogP contribution in [0.25, 0.3) is 10.9 Å². The van der Waals surface area contributed by atoms with Crippen molar-refractivity contribution in [3.8, 4) is 11.5 Å². The van der Waals surface area contributed by atoms with Gasteiger partial charge in [-0.05, 0) is 60.5 Å². The summed E-state index contributed by atoms with van der Waals surface area (Å²) >= 11 is 0. The van der Waals surface area contributed by atoms with E-state index in [-0.39, 0.29) is 0 Å². The van der Waals surface area contributed by atoms with Crippen molar-refractivity contribution in [1.29, 1.82) is 0 Å². The van der Waals surface area contributed by atoms with Crippen molar-refractivity contribution in [1.82, 2.24) is 9.97 Å². The molecule has 0 atom stereocenters. The van der Waals surface area contributed by atoms with Gasteiger partial charge in [-0.3, -0.25) is 0 Å². The lowest BCUT2D eigenvalue weighted by molar-refractivity contribution is 0.479. The van der Waals surface area contributed by atoms with Crippen molar-refractivity contribution in [3.63, 3.8) is 0 Å². The standard InChI is InChI=1S/C22H19N5O/c1-15-11-17(8-10-21(15)28-18-5-3-2-4-6-18)27-22-19-12-16(13-26-23)7-9-20(19)24-14-25-22/h2-14H,23H2,1H3,(H,24,25,27)/b26-13-. The van der Waals surface area contributed by atoms with Crippen LogP contribution in [-0.2, 0) is 0 Å². The molecule has 0 radical (unpaired) electrons. The Hall–Kier alpha value is -3.93. The molecule has 28 heavy (non-hydrogen) atoms. The van der Waals surface area contributed by atoms with Gasteiger partial charge < -0.3 is 15.9 Å². The molecular formula is C22H19N5O. The number of aromatic nitrogens is 2. The number of aryl methyl sites for hydroxylation is 1. The zero-order valence-corrected chi connectivity index (χ0v) is 15.3. The number of ether oxygens (including phenoxy) is 1. The van der Waals surface area contributed by atoms with Crippen molar-refractivity contribution in [2.45, 2.75) is 6.92 Å². The van der Waals surface area contributed by atoms with Gasteiger partial charge in [0.05, 0.1) is 11.7 Å². The van der Waals surface area contributed by atoms with Gasteiger partial charge in [0, 0.05) is 11.1 Å². The molecular weight excluding hydrogens is 350 g/mol. The molecule has 138 valence electrons. The van der Waals surface area contributed by atoms with Crippen molar-refractivity contribution < 1.29 is 4.74 Å². The molecule has 3 aromatic carbocycles. The van der Waals surface area contributed by atoms with E-state index >= 15 is 0 Å².